The van der Waals surface area contributed by atoms with Crippen LogP contribution >= 0.6 is 23.1 Å². The smallest absolute Gasteiger partial charge is 0.321 e. The number of esters is 1. The molecule has 28 heavy (non-hydrogen) atoms. The molecule has 0 aliphatic carbocycles. The molecule has 0 amide bonds. The second-order valence-corrected chi connectivity index (χ2v) is 8.22. The number of hydrogen-bond donors (Lipinski definition) is 0. The molecule has 0 fully saturated rings. The largest absolute Gasteiger partial charge is 0.494 e. The molecule has 0 bridgehead atoms. The van der Waals surface area contributed by atoms with Gasteiger partial charge in [-0.15, -0.1) is 11.3 Å². The number of hydrogen-bond acceptors (Lipinski definition) is 7. The Morgan fingerprint density at radius 1 is 1.18 bits per heavy atom. The average Bonchev–Trinajstić information content (AvgIpc) is 2.96. The van der Waals surface area contributed by atoms with Crippen LogP contribution in [-0.2, 0) is 11.3 Å². The van der Waals surface area contributed by atoms with Gasteiger partial charge in [-0.05, 0) is 57.5 Å². The lowest BCUT2D eigenvalue weighted by Gasteiger charge is -2.10. The first-order valence-electron chi connectivity index (χ1n) is 9.01. The van der Waals surface area contributed by atoms with E-state index in [1.165, 1.54) is 23.1 Å². The normalized spacial score (nSPS) is 11.0. The van der Waals surface area contributed by atoms with Gasteiger partial charge in [-0.2, -0.15) is 0 Å². The van der Waals surface area contributed by atoms with Crippen molar-refractivity contribution in [1.82, 2.24) is 9.55 Å². The van der Waals surface area contributed by atoms with Crippen molar-refractivity contribution in [2.24, 2.45) is 0 Å². The molecule has 0 unspecified atom stereocenters. The molecule has 0 radical (unpaired) electrons. The quantitative estimate of drug-likeness (QED) is 0.248. The Hall–Kier alpha value is -2.32. The lowest BCUT2D eigenvalue weighted by atomic mass is 10.2. The summed E-state index contributed by atoms with van der Waals surface area (Å²) in [6, 6.07) is 6.89. The zero-order valence-corrected chi connectivity index (χ0v) is 17.9. The SMILES string of the molecule is CCOc1ccc(OC(=O)CSc2nc3sc(C)c(C)c3c(=O)n2CC)cc1. The van der Waals surface area contributed by atoms with Crippen LogP contribution in [0.4, 0.5) is 0 Å². The summed E-state index contributed by atoms with van der Waals surface area (Å²) in [5.74, 6) is 0.844. The van der Waals surface area contributed by atoms with E-state index in [1.807, 2.05) is 27.7 Å². The van der Waals surface area contributed by atoms with Crippen molar-refractivity contribution in [2.75, 3.05) is 12.4 Å². The van der Waals surface area contributed by atoms with Gasteiger partial charge in [0.25, 0.3) is 5.56 Å². The summed E-state index contributed by atoms with van der Waals surface area (Å²) >= 11 is 2.72. The lowest BCUT2D eigenvalue weighted by molar-refractivity contribution is -0.131. The van der Waals surface area contributed by atoms with Crippen molar-refractivity contribution in [3.63, 3.8) is 0 Å². The van der Waals surface area contributed by atoms with Crippen LogP contribution in [0.3, 0.4) is 0 Å². The molecule has 0 atom stereocenters. The molecule has 8 heteroatoms. The molecule has 148 valence electrons. The Bertz CT molecular complexity index is 1050. The first-order chi connectivity index (χ1) is 13.4. The van der Waals surface area contributed by atoms with Gasteiger partial charge in [-0.25, -0.2) is 4.98 Å². The Morgan fingerprint density at radius 3 is 2.50 bits per heavy atom. The van der Waals surface area contributed by atoms with Gasteiger partial charge in [0.1, 0.15) is 16.3 Å². The molecule has 3 aromatic rings. The standard InChI is InChI=1S/C20H22N2O4S2/c1-5-22-19(24)17-12(3)13(4)28-18(17)21-20(22)27-11-16(23)26-15-9-7-14(8-10-15)25-6-2/h7-10H,5-6,11H2,1-4H3. The van der Waals surface area contributed by atoms with E-state index in [9.17, 15) is 9.59 Å². The Kier molecular flexibility index (Phi) is 6.41. The van der Waals surface area contributed by atoms with Gasteiger partial charge in [-0.3, -0.25) is 14.2 Å². The van der Waals surface area contributed by atoms with Crippen LogP contribution in [0.5, 0.6) is 11.5 Å². The monoisotopic (exact) mass is 418 g/mol. The van der Waals surface area contributed by atoms with Crippen LogP contribution in [0.1, 0.15) is 24.3 Å². The van der Waals surface area contributed by atoms with Crippen LogP contribution < -0.4 is 15.0 Å². The second-order valence-electron chi connectivity index (χ2n) is 6.07. The third kappa shape index (κ3) is 4.23. The Morgan fingerprint density at radius 2 is 1.86 bits per heavy atom. The molecule has 1 aromatic carbocycles. The molecule has 2 heterocycles. The maximum atomic E-state index is 12.8. The molecule has 0 saturated heterocycles. The van der Waals surface area contributed by atoms with E-state index in [1.54, 1.807) is 28.8 Å². The summed E-state index contributed by atoms with van der Waals surface area (Å²) in [5, 5.41) is 1.20. The number of fused-ring (bicyclic) bond motifs is 1. The highest BCUT2D eigenvalue weighted by molar-refractivity contribution is 7.99. The fourth-order valence-electron chi connectivity index (χ4n) is 2.75. The molecule has 3 rings (SSSR count). The van der Waals surface area contributed by atoms with E-state index in [0.717, 1.165) is 16.2 Å². The molecule has 2 aromatic heterocycles. The summed E-state index contributed by atoms with van der Waals surface area (Å²) in [7, 11) is 0. The van der Waals surface area contributed by atoms with E-state index in [2.05, 4.69) is 4.98 Å². The fraction of sp³-hybridized carbons (Fsp3) is 0.350. The zero-order valence-electron chi connectivity index (χ0n) is 16.3. The second kappa shape index (κ2) is 8.79. The number of aromatic nitrogens is 2. The van der Waals surface area contributed by atoms with E-state index >= 15 is 0 Å². The predicted octanol–water partition coefficient (Wildman–Crippen LogP) is 4.19. The highest BCUT2D eigenvalue weighted by atomic mass is 32.2. The van der Waals surface area contributed by atoms with Crippen LogP contribution in [-0.4, -0.2) is 27.9 Å². The molecule has 0 spiro atoms. The summed E-state index contributed by atoms with van der Waals surface area (Å²) in [6.07, 6.45) is 0. The molecule has 0 aliphatic rings. The van der Waals surface area contributed by atoms with Crippen molar-refractivity contribution in [1.29, 1.82) is 0 Å². The van der Waals surface area contributed by atoms with Gasteiger partial charge >= 0.3 is 5.97 Å². The predicted molar refractivity (Wildman–Crippen MR) is 113 cm³/mol. The molecular formula is C20H22N2O4S2. The fourth-order valence-corrected chi connectivity index (χ4v) is 4.66. The number of carbonyl (C=O) groups is 1. The first kappa shape index (κ1) is 20.4. The number of aryl methyl sites for hydroxylation is 2. The zero-order chi connectivity index (χ0) is 20.3. The van der Waals surface area contributed by atoms with E-state index in [0.29, 0.717) is 34.3 Å². The van der Waals surface area contributed by atoms with E-state index in [-0.39, 0.29) is 11.3 Å². The summed E-state index contributed by atoms with van der Waals surface area (Å²) in [4.78, 5) is 31.5. The van der Waals surface area contributed by atoms with Crippen molar-refractivity contribution < 1.29 is 14.3 Å². The topological polar surface area (TPSA) is 70.4 Å². The van der Waals surface area contributed by atoms with Crippen LogP contribution in [0.2, 0.25) is 0 Å². The molecular weight excluding hydrogens is 396 g/mol. The van der Waals surface area contributed by atoms with Crippen molar-refractivity contribution in [2.45, 2.75) is 39.4 Å². The third-order valence-corrected chi connectivity index (χ3v) is 6.31. The maximum Gasteiger partial charge on any atom is 0.321 e. The third-order valence-electron chi connectivity index (χ3n) is 4.26. The van der Waals surface area contributed by atoms with Crippen LogP contribution in [0.15, 0.2) is 34.2 Å². The summed E-state index contributed by atoms with van der Waals surface area (Å²) in [5.41, 5.74) is 0.919. The number of thioether (sulfide) groups is 1. The van der Waals surface area contributed by atoms with Crippen LogP contribution in [0.25, 0.3) is 10.2 Å². The highest BCUT2D eigenvalue weighted by Gasteiger charge is 2.17. The van der Waals surface area contributed by atoms with E-state index in [4.69, 9.17) is 9.47 Å². The molecule has 0 N–H and O–H groups in total. The molecule has 0 saturated carbocycles. The van der Waals surface area contributed by atoms with Gasteiger partial charge in [-0.1, -0.05) is 11.8 Å². The van der Waals surface area contributed by atoms with Gasteiger partial charge in [0.2, 0.25) is 0 Å². The summed E-state index contributed by atoms with van der Waals surface area (Å²) < 4.78 is 12.3. The minimum atomic E-state index is -0.398. The van der Waals surface area contributed by atoms with Crippen LogP contribution in [0, 0.1) is 13.8 Å². The van der Waals surface area contributed by atoms with Crippen molar-refractivity contribution in [3.05, 3.63) is 45.1 Å². The average molecular weight is 419 g/mol. The van der Waals surface area contributed by atoms with E-state index < -0.39 is 5.97 Å². The minimum absolute atomic E-state index is 0.0586. The minimum Gasteiger partial charge on any atom is -0.494 e. The van der Waals surface area contributed by atoms with Crippen molar-refractivity contribution >= 4 is 39.3 Å². The number of ether oxygens (including phenoxy) is 2. The Labute approximate surface area is 171 Å². The highest BCUT2D eigenvalue weighted by Crippen LogP contribution is 2.28. The number of thiophene rings is 1. The maximum absolute atomic E-state index is 12.8. The number of rotatable bonds is 7. The van der Waals surface area contributed by atoms with Crippen molar-refractivity contribution in [3.8, 4) is 11.5 Å². The van der Waals surface area contributed by atoms with Gasteiger partial charge in [0, 0.05) is 11.4 Å². The molecule has 6 nitrogen and oxygen atoms in total. The summed E-state index contributed by atoms with van der Waals surface area (Å²) in [6.45, 7) is 8.80. The number of carbonyl (C=O) groups excluding carboxylic acids is 1. The molecule has 0 aliphatic heterocycles. The first-order valence-corrected chi connectivity index (χ1v) is 10.8. The van der Waals surface area contributed by atoms with Gasteiger partial charge in [0.05, 0.1) is 17.7 Å². The van der Waals surface area contributed by atoms with Gasteiger partial charge in [0.15, 0.2) is 5.16 Å². The Balaban J connectivity index is 1.74. The number of nitrogens with zero attached hydrogens (tertiary/aromatic N) is 2. The number of benzene rings is 1. The lowest BCUT2D eigenvalue weighted by Crippen LogP contribution is -2.23. The van der Waals surface area contributed by atoms with Gasteiger partial charge < -0.3 is 9.47 Å².